The second kappa shape index (κ2) is 11.1. The molecule has 1 unspecified atom stereocenters. The Hall–Kier alpha value is -5.31. The lowest BCUT2D eigenvalue weighted by molar-refractivity contribution is 0.153. The van der Waals surface area contributed by atoms with Crippen LogP contribution in [0.3, 0.4) is 0 Å². The number of hydrogen-bond donors (Lipinski definition) is 2. The molecule has 0 radical (unpaired) electrons. The van der Waals surface area contributed by atoms with Crippen molar-refractivity contribution in [1.82, 2.24) is 24.5 Å². The van der Waals surface area contributed by atoms with Crippen molar-refractivity contribution in [3.8, 4) is 17.5 Å². The summed E-state index contributed by atoms with van der Waals surface area (Å²) in [6.45, 7) is 3.30. The fourth-order valence-electron chi connectivity index (χ4n) is 4.32. The number of anilines is 2. The summed E-state index contributed by atoms with van der Waals surface area (Å²) in [6, 6.07) is 9.75. The number of fused-ring (bicyclic) bond motifs is 1. The highest BCUT2D eigenvalue weighted by Gasteiger charge is 2.23. The van der Waals surface area contributed by atoms with Crippen molar-refractivity contribution < 1.29 is 17.6 Å². The normalized spacial score (nSPS) is 11.8. The minimum atomic E-state index is -2.93. The number of hydrogen-bond acceptors (Lipinski definition) is 7. The predicted molar refractivity (Wildman–Crippen MR) is 146 cm³/mol. The number of halogens is 4. The van der Waals surface area contributed by atoms with Crippen LogP contribution < -0.4 is 16.6 Å². The molecule has 3 heterocycles. The topological polar surface area (TPSA) is 112 Å². The van der Waals surface area contributed by atoms with Gasteiger partial charge in [0.1, 0.15) is 46.7 Å². The monoisotopic (exact) mass is 559 g/mol. The Bertz CT molecular complexity index is 1880. The predicted octanol–water partition coefficient (Wildman–Crippen LogP) is 5.25. The van der Waals surface area contributed by atoms with E-state index in [1.54, 1.807) is 19.9 Å². The zero-order chi connectivity index (χ0) is 29.3. The van der Waals surface area contributed by atoms with E-state index < -0.39 is 35.2 Å². The van der Waals surface area contributed by atoms with Crippen LogP contribution in [-0.2, 0) is 0 Å². The minimum absolute atomic E-state index is 0.0375. The van der Waals surface area contributed by atoms with Crippen molar-refractivity contribution in [3.63, 3.8) is 0 Å². The molecule has 0 aliphatic carbocycles. The van der Waals surface area contributed by atoms with Gasteiger partial charge in [0.2, 0.25) is 0 Å². The Balaban J connectivity index is 1.66. The molecule has 0 spiro atoms. The van der Waals surface area contributed by atoms with E-state index >= 15 is 0 Å². The van der Waals surface area contributed by atoms with E-state index in [0.717, 1.165) is 22.9 Å². The first-order valence-corrected chi connectivity index (χ1v) is 12.2. The van der Waals surface area contributed by atoms with Gasteiger partial charge in [0.15, 0.2) is 0 Å². The second-order valence-electron chi connectivity index (χ2n) is 9.10. The summed E-state index contributed by atoms with van der Waals surface area (Å²) in [5, 5.41) is 2.83. The summed E-state index contributed by atoms with van der Waals surface area (Å²) in [6.07, 6.45) is -0.704. The Kier molecular flexibility index (Phi) is 7.35. The standard InChI is InChI=1S/C29H21F4N7O/c1-15-10-18(31)12-20(11-15)40-28(39-23-5-3-4-21(25(32)33)24(23)29(40)41)16(2)38-27-22(26(34)36-14-37-27)9-8-19-7-6-17(30)13-35-19/h3-7,10-14,16,25H,1-2H3,(H3,34,36,37,38). The van der Waals surface area contributed by atoms with Gasteiger partial charge in [-0.05, 0) is 61.7 Å². The van der Waals surface area contributed by atoms with Crippen LogP contribution >= 0.6 is 0 Å². The van der Waals surface area contributed by atoms with E-state index in [-0.39, 0.29) is 45.3 Å². The van der Waals surface area contributed by atoms with E-state index in [1.807, 2.05) is 0 Å². The van der Waals surface area contributed by atoms with Crippen LogP contribution in [0.2, 0.25) is 0 Å². The van der Waals surface area contributed by atoms with Gasteiger partial charge < -0.3 is 11.1 Å². The van der Waals surface area contributed by atoms with Gasteiger partial charge in [-0.15, -0.1) is 0 Å². The first kappa shape index (κ1) is 27.3. The summed E-state index contributed by atoms with van der Waals surface area (Å²) in [5.41, 5.74) is 5.93. The molecule has 1 atom stereocenters. The summed E-state index contributed by atoms with van der Waals surface area (Å²) in [5.74, 6) is 4.78. The molecule has 3 aromatic heterocycles. The van der Waals surface area contributed by atoms with Gasteiger partial charge in [-0.25, -0.2) is 37.5 Å². The van der Waals surface area contributed by atoms with Crippen LogP contribution in [0.1, 0.15) is 47.6 Å². The fourth-order valence-corrected chi connectivity index (χ4v) is 4.32. The molecule has 12 heteroatoms. The van der Waals surface area contributed by atoms with E-state index in [1.165, 1.54) is 36.7 Å². The molecule has 0 saturated heterocycles. The zero-order valence-electron chi connectivity index (χ0n) is 21.7. The molecular formula is C29H21F4N7O. The van der Waals surface area contributed by atoms with Crippen LogP contribution in [0.15, 0.2) is 65.8 Å². The number of benzene rings is 2. The molecule has 2 aromatic carbocycles. The van der Waals surface area contributed by atoms with Gasteiger partial charge in [-0.3, -0.25) is 9.36 Å². The van der Waals surface area contributed by atoms with E-state index in [2.05, 4.69) is 37.1 Å². The van der Waals surface area contributed by atoms with Crippen molar-refractivity contribution >= 4 is 22.5 Å². The van der Waals surface area contributed by atoms with Crippen LogP contribution in [-0.4, -0.2) is 24.5 Å². The number of nitrogen functional groups attached to an aromatic ring is 1. The average molecular weight is 560 g/mol. The summed E-state index contributed by atoms with van der Waals surface area (Å²) < 4.78 is 56.5. The third-order valence-electron chi connectivity index (χ3n) is 6.14. The van der Waals surface area contributed by atoms with Crippen molar-refractivity contribution in [3.05, 3.63) is 111 Å². The zero-order valence-corrected chi connectivity index (χ0v) is 21.7. The number of nitrogens with one attached hydrogen (secondary N) is 1. The number of nitrogens with two attached hydrogens (primary N) is 1. The summed E-state index contributed by atoms with van der Waals surface area (Å²) in [4.78, 5) is 30.4. The lowest BCUT2D eigenvalue weighted by atomic mass is 10.1. The number of aromatic nitrogens is 5. The highest BCUT2D eigenvalue weighted by Crippen LogP contribution is 2.28. The van der Waals surface area contributed by atoms with Crippen molar-refractivity contribution in [2.24, 2.45) is 0 Å². The number of pyridine rings is 1. The lowest BCUT2D eigenvalue weighted by Crippen LogP contribution is -2.28. The van der Waals surface area contributed by atoms with E-state index in [4.69, 9.17) is 5.73 Å². The maximum atomic E-state index is 14.4. The molecule has 41 heavy (non-hydrogen) atoms. The van der Waals surface area contributed by atoms with Crippen LogP contribution in [0, 0.1) is 30.4 Å². The van der Waals surface area contributed by atoms with Crippen molar-refractivity contribution in [2.75, 3.05) is 11.1 Å². The Morgan fingerprint density at radius 2 is 1.80 bits per heavy atom. The molecule has 8 nitrogen and oxygen atoms in total. The van der Waals surface area contributed by atoms with Gasteiger partial charge in [-0.2, -0.15) is 0 Å². The van der Waals surface area contributed by atoms with Crippen LogP contribution in [0.5, 0.6) is 0 Å². The van der Waals surface area contributed by atoms with E-state index in [9.17, 15) is 22.4 Å². The number of nitrogens with zero attached hydrogens (tertiary/aromatic N) is 5. The molecule has 0 fully saturated rings. The van der Waals surface area contributed by atoms with Gasteiger partial charge >= 0.3 is 0 Å². The van der Waals surface area contributed by atoms with E-state index in [0.29, 0.717) is 5.56 Å². The number of rotatable bonds is 5. The second-order valence-corrected chi connectivity index (χ2v) is 9.10. The highest BCUT2D eigenvalue weighted by molar-refractivity contribution is 5.82. The lowest BCUT2D eigenvalue weighted by Gasteiger charge is -2.21. The molecule has 3 N–H and O–H groups in total. The Morgan fingerprint density at radius 3 is 2.51 bits per heavy atom. The van der Waals surface area contributed by atoms with Gasteiger partial charge in [0.25, 0.3) is 12.0 Å². The van der Waals surface area contributed by atoms with Crippen LogP contribution in [0.25, 0.3) is 16.6 Å². The van der Waals surface area contributed by atoms with Gasteiger partial charge in [0.05, 0.1) is 28.8 Å². The fraction of sp³-hybridized carbons (Fsp3) is 0.138. The van der Waals surface area contributed by atoms with Crippen LogP contribution in [0.4, 0.5) is 29.2 Å². The molecule has 0 aliphatic heterocycles. The molecule has 0 bridgehead atoms. The summed E-state index contributed by atoms with van der Waals surface area (Å²) >= 11 is 0. The number of alkyl halides is 2. The molecule has 5 rings (SSSR count). The van der Waals surface area contributed by atoms with Crippen molar-refractivity contribution in [1.29, 1.82) is 0 Å². The molecule has 206 valence electrons. The first-order chi connectivity index (χ1) is 19.6. The maximum Gasteiger partial charge on any atom is 0.266 e. The van der Waals surface area contributed by atoms with Gasteiger partial charge in [-0.1, -0.05) is 18.1 Å². The number of aryl methyl sites for hydroxylation is 1. The molecule has 0 amide bonds. The highest BCUT2D eigenvalue weighted by atomic mass is 19.3. The van der Waals surface area contributed by atoms with Gasteiger partial charge in [0, 0.05) is 5.56 Å². The third-order valence-corrected chi connectivity index (χ3v) is 6.14. The minimum Gasteiger partial charge on any atom is -0.382 e. The quantitative estimate of drug-likeness (QED) is 0.224. The average Bonchev–Trinajstić information content (AvgIpc) is 2.92. The summed E-state index contributed by atoms with van der Waals surface area (Å²) in [7, 11) is 0. The molecule has 0 aliphatic rings. The Morgan fingerprint density at radius 1 is 1.00 bits per heavy atom. The molecular weight excluding hydrogens is 538 g/mol. The van der Waals surface area contributed by atoms with Crippen molar-refractivity contribution in [2.45, 2.75) is 26.3 Å². The SMILES string of the molecule is Cc1cc(F)cc(-n2c(C(C)Nc3ncnc(N)c3C#Cc3ccc(F)cn3)nc3cccc(C(F)F)c3c2=O)c1. The molecule has 5 aromatic rings. The third kappa shape index (κ3) is 5.56. The smallest absolute Gasteiger partial charge is 0.266 e. The maximum absolute atomic E-state index is 14.4. The Labute approximate surface area is 230 Å². The largest absolute Gasteiger partial charge is 0.382 e. The first-order valence-electron chi connectivity index (χ1n) is 12.2. The molecule has 0 saturated carbocycles.